The van der Waals surface area contributed by atoms with E-state index in [1.54, 1.807) is 13.1 Å². The predicted octanol–water partition coefficient (Wildman–Crippen LogP) is 2.16. The largest absolute Gasteiger partial charge is 0.318 e. The van der Waals surface area contributed by atoms with Crippen molar-refractivity contribution in [2.75, 3.05) is 7.05 Å². The van der Waals surface area contributed by atoms with Gasteiger partial charge in [0.05, 0.1) is 0 Å². The maximum Gasteiger partial charge on any atom is 0.318 e. The Bertz CT molecular complexity index is 245. The summed E-state index contributed by atoms with van der Waals surface area (Å²) in [7, 11) is 1.80. The number of nitrogens with zero attached hydrogens (tertiary/aromatic N) is 1. The number of rotatable bonds is 3. The average Bonchev–Trinajstić information content (AvgIpc) is 2.51. The zero-order valence-electron chi connectivity index (χ0n) is 7.09. The van der Waals surface area contributed by atoms with E-state index in [-0.39, 0.29) is 6.04 Å². The topological polar surface area (TPSA) is 17.0 Å². The van der Waals surface area contributed by atoms with Crippen LogP contribution in [-0.2, 0) is 0 Å². The zero-order chi connectivity index (χ0) is 9.14. The Morgan fingerprint density at radius 3 is 2.58 bits per heavy atom. The minimum absolute atomic E-state index is 0.116. The standard InChI is InChI=1S/C8H12F2N2/c1-6(11-2)7-3-4-12(5-7)8(9)10/h3-6,8,11H,1-2H3. The molecule has 1 aromatic rings. The number of aromatic nitrogens is 1. The van der Waals surface area contributed by atoms with Crippen LogP contribution in [-0.4, -0.2) is 11.6 Å². The highest BCUT2D eigenvalue weighted by molar-refractivity contribution is 5.14. The second-order valence-corrected chi connectivity index (χ2v) is 2.68. The molecule has 1 rings (SSSR count). The van der Waals surface area contributed by atoms with Crippen LogP contribution >= 0.6 is 0 Å². The molecule has 0 aromatic carbocycles. The molecule has 0 amide bonds. The quantitative estimate of drug-likeness (QED) is 0.743. The molecular formula is C8H12F2N2. The second-order valence-electron chi connectivity index (χ2n) is 2.68. The van der Waals surface area contributed by atoms with Gasteiger partial charge < -0.3 is 5.32 Å². The Hall–Kier alpha value is -0.900. The smallest absolute Gasteiger partial charge is 0.313 e. The van der Waals surface area contributed by atoms with E-state index in [2.05, 4.69) is 5.32 Å². The van der Waals surface area contributed by atoms with Crippen molar-refractivity contribution in [1.82, 2.24) is 9.88 Å². The van der Waals surface area contributed by atoms with Gasteiger partial charge in [0.15, 0.2) is 0 Å². The fourth-order valence-electron chi connectivity index (χ4n) is 0.975. The van der Waals surface area contributed by atoms with Crippen LogP contribution in [0.5, 0.6) is 0 Å². The fourth-order valence-corrected chi connectivity index (χ4v) is 0.975. The van der Waals surface area contributed by atoms with Gasteiger partial charge in [-0.2, -0.15) is 8.78 Å². The highest BCUT2D eigenvalue weighted by Gasteiger charge is 2.08. The molecule has 0 aliphatic rings. The first-order valence-electron chi connectivity index (χ1n) is 3.78. The summed E-state index contributed by atoms with van der Waals surface area (Å²) in [6.45, 7) is -0.520. The summed E-state index contributed by atoms with van der Waals surface area (Å²) < 4.78 is 25.1. The molecular weight excluding hydrogens is 162 g/mol. The normalized spacial score (nSPS) is 13.8. The molecule has 1 aromatic heterocycles. The maximum atomic E-state index is 12.1. The molecule has 0 fully saturated rings. The summed E-state index contributed by atoms with van der Waals surface area (Å²) in [6, 6.07) is 1.80. The Kier molecular flexibility index (Phi) is 2.81. The van der Waals surface area contributed by atoms with Gasteiger partial charge in [0, 0.05) is 18.4 Å². The van der Waals surface area contributed by atoms with Crippen molar-refractivity contribution < 1.29 is 8.78 Å². The van der Waals surface area contributed by atoms with Gasteiger partial charge in [0.25, 0.3) is 0 Å². The lowest BCUT2D eigenvalue weighted by Crippen LogP contribution is -2.11. The Balaban J connectivity index is 2.77. The summed E-state index contributed by atoms with van der Waals surface area (Å²) >= 11 is 0. The van der Waals surface area contributed by atoms with Crippen LogP contribution in [0.25, 0.3) is 0 Å². The summed E-state index contributed by atoms with van der Waals surface area (Å²) in [4.78, 5) is 0. The van der Waals surface area contributed by atoms with E-state index in [1.165, 1.54) is 12.4 Å². The van der Waals surface area contributed by atoms with Crippen LogP contribution in [0.2, 0.25) is 0 Å². The Labute approximate surface area is 70.2 Å². The molecule has 0 bridgehead atoms. The lowest BCUT2D eigenvalue weighted by atomic mass is 10.2. The van der Waals surface area contributed by atoms with Gasteiger partial charge in [0.2, 0.25) is 0 Å². The minimum Gasteiger partial charge on any atom is -0.313 e. The van der Waals surface area contributed by atoms with Crippen LogP contribution in [0.4, 0.5) is 8.78 Å². The van der Waals surface area contributed by atoms with Crippen LogP contribution in [0.3, 0.4) is 0 Å². The van der Waals surface area contributed by atoms with Crippen molar-refractivity contribution in [3.63, 3.8) is 0 Å². The SMILES string of the molecule is CNC(C)c1ccn(C(F)F)c1. The van der Waals surface area contributed by atoms with Gasteiger partial charge in [0.1, 0.15) is 0 Å². The van der Waals surface area contributed by atoms with Crippen molar-refractivity contribution in [1.29, 1.82) is 0 Å². The molecule has 1 atom stereocenters. The van der Waals surface area contributed by atoms with E-state index in [9.17, 15) is 8.78 Å². The molecule has 0 aliphatic carbocycles. The van der Waals surface area contributed by atoms with Crippen molar-refractivity contribution in [2.24, 2.45) is 0 Å². The molecule has 0 saturated carbocycles. The van der Waals surface area contributed by atoms with Crippen molar-refractivity contribution >= 4 is 0 Å². The van der Waals surface area contributed by atoms with Gasteiger partial charge in [-0.15, -0.1) is 0 Å². The van der Waals surface area contributed by atoms with Crippen molar-refractivity contribution in [3.05, 3.63) is 24.0 Å². The van der Waals surface area contributed by atoms with E-state index in [1.807, 2.05) is 6.92 Å². The van der Waals surface area contributed by atoms with Gasteiger partial charge in [-0.05, 0) is 25.6 Å². The van der Waals surface area contributed by atoms with Gasteiger partial charge in [-0.25, -0.2) is 0 Å². The number of alkyl halides is 2. The Morgan fingerprint density at radius 1 is 1.50 bits per heavy atom. The lowest BCUT2D eigenvalue weighted by molar-refractivity contribution is 0.0705. The average molecular weight is 174 g/mol. The van der Waals surface area contributed by atoms with E-state index in [0.717, 1.165) is 10.1 Å². The Morgan fingerprint density at radius 2 is 2.17 bits per heavy atom. The molecule has 12 heavy (non-hydrogen) atoms. The number of halogens is 2. The summed E-state index contributed by atoms with van der Waals surface area (Å²) in [5.41, 5.74) is 0.873. The molecule has 0 radical (unpaired) electrons. The number of nitrogens with one attached hydrogen (secondary N) is 1. The van der Waals surface area contributed by atoms with Crippen molar-refractivity contribution in [2.45, 2.75) is 19.5 Å². The van der Waals surface area contributed by atoms with E-state index in [4.69, 9.17) is 0 Å². The molecule has 0 spiro atoms. The number of hydrogen-bond acceptors (Lipinski definition) is 1. The summed E-state index contributed by atoms with van der Waals surface area (Å²) in [6.07, 6.45) is 2.83. The molecule has 0 aliphatic heterocycles. The summed E-state index contributed by atoms with van der Waals surface area (Å²) in [5, 5.41) is 2.98. The second kappa shape index (κ2) is 3.67. The molecule has 1 heterocycles. The third-order valence-electron chi connectivity index (χ3n) is 1.90. The first kappa shape index (κ1) is 9.19. The van der Waals surface area contributed by atoms with Gasteiger partial charge in [-0.1, -0.05) is 0 Å². The molecule has 68 valence electrons. The maximum absolute atomic E-state index is 12.1. The molecule has 0 saturated heterocycles. The van der Waals surface area contributed by atoms with Crippen LogP contribution in [0.15, 0.2) is 18.5 Å². The first-order chi connectivity index (χ1) is 5.65. The van der Waals surface area contributed by atoms with E-state index >= 15 is 0 Å². The molecule has 4 heteroatoms. The van der Waals surface area contributed by atoms with Crippen LogP contribution < -0.4 is 5.32 Å². The third-order valence-corrected chi connectivity index (χ3v) is 1.90. The number of hydrogen-bond donors (Lipinski definition) is 1. The molecule has 1 unspecified atom stereocenters. The predicted molar refractivity (Wildman–Crippen MR) is 43.2 cm³/mol. The van der Waals surface area contributed by atoms with Gasteiger partial charge in [-0.3, -0.25) is 4.57 Å². The monoisotopic (exact) mass is 174 g/mol. The molecule has 2 nitrogen and oxygen atoms in total. The third kappa shape index (κ3) is 1.82. The van der Waals surface area contributed by atoms with Crippen molar-refractivity contribution in [3.8, 4) is 0 Å². The minimum atomic E-state index is -2.44. The lowest BCUT2D eigenvalue weighted by Gasteiger charge is -2.06. The van der Waals surface area contributed by atoms with Crippen LogP contribution in [0.1, 0.15) is 25.1 Å². The first-order valence-corrected chi connectivity index (χ1v) is 3.78. The highest BCUT2D eigenvalue weighted by Crippen LogP contribution is 2.16. The highest BCUT2D eigenvalue weighted by atomic mass is 19.3. The zero-order valence-corrected chi connectivity index (χ0v) is 7.09. The summed E-state index contributed by atoms with van der Waals surface area (Å²) in [5.74, 6) is 0. The van der Waals surface area contributed by atoms with Gasteiger partial charge >= 0.3 is 6.55 Å². The van der Waals surface area contributed by atoms with Crippen LogP contribution in [0, 0.1) is 0 Å². The van der Waals surface area contributed by atoms with E-state index in [0.29, 0.717) is 0 Å². The molecule has 1 N–H and O–H groups in total. The van der Waals surface area contributed by atoms with E-state index < -0.39 is 6.55 Å². The fraction of sp³-hybridized carbons (Fsp3) is 0.500.